The van der Waals surface area contributed by atoms with Crippen LogP contribution in [0.3, 0.4) is 0 Å². The van der Waals surface area contributed by atoms with E-state index in [1.54, 1.807) is 26.8 Å². The second-order valence-electron chi connectivity index (χ2n) is 3.29. The van der Waals surface area contributed by atoms with E-state index in [1.165, 1.54) is 6.20 Å². The molecule has 0 atom stereocenters. The van der Waals surface area contributed by atoms with E-state index in [9.17, 15) is 9.59 Å². The van der Waals surface area contributed by atoms with Crippen molar-refractivity contribution in [2.24, 2.45) is 0 Å². The Balaban J connectivity index is 3.17. The van der Waals surface area contributed by atoms with Crippen LogP contribution < -0.4 is 0 Å². The Morgan fingerprint density at radius 1 is 1.18 bits per heavy atom. The highest BCUT2D eigenvalue weighted by Crippen LogP contribution is 2.14. The highest BCUT2D eigenvalue weighted by atomic mass is 16.5. The van der Waals surface area contributed by atoms with Crippen LogP contribution in [-0.2, 0) is 9.47 Å². The van der Waals surface area contributed by atoms with Crippen molar-refractivity contribution in [2.45, 2.75) is 20.8 Å². The summed E-state index contributed by atoms with van der Waals surface area (Å²) in [6.45, 7) is 5.59. The van der Waals surface area contributed by atoms with Crippen molar-refractivity contribution in [3.05, 3.63) is 29.1 Å². The zero-order valence-corrected chi connectivity index (χ0v) is 10.1. The summed E-state index contributed by atoms with van der Waals surface area (Å²) in [5, 5.41) is 0. The van der Waals surface area contributed by atoms with Crippen molar-refractivity contribution >= 4 is 11.9 Å². The van der Waals surface area contributed by atoms with Gasteiger partial charge in [-0.3, -0.25) is 0 Å². The van der Waals surface area contributed by atoms with E-state index in [0.717, 1.165) is 0 Å². The lowest BCUT2D eigenvalue weighted by Crippen LogP contribution is -2.17. The Morgan fingerprint density at radius 2 is 1.76 bits per heavy atom. The average molecular weight is 237 g/mol. The molecule has 17 heavy (non-hydrogen) atoms. The Kier molecular flexibility index (Phi) is 4.63. The van der Waals surface area contributed by atoms with Crippen molar-refractivity contribution in [1.82, 2.24) is 4.98 Å². The normalized spacial score (nSPS) is 9.82. The fourth-order valence-corrected chi connectivity index (χ4v) is 1.37. The predicted molar refractivity (Wildman–Crippen MR) is 60.9 cm³/mol. The van der Waals surface area contributed by atoms with Crippen molar-refractivity contribution in [3.63, 3.8) is 0 Å². The minimum absolute atomic E-state index is 0.00491. The number of pyridine rings is 1. The molecule has 0 aromatic carbocycles. The second-order valence-corrected chi connectivity index (χ2v) is 3.29. The first kappa shape index (κ1) is 13.2. The fourth-order valence-electron chi connectivity index (χ4n) is 1.37. The van der Waals surface area contributed by atoms with E-state index in [4.69, 9.17) is 9.47 Å². The summed E-state index contributed by atoms with van der Waals surface area (Å²) >= 11 is 0. The third-order valence-corrected chi connectivity index (χ3v) is 2.11. The highest BCUT2D eigenvalue weighted by molar-refractivity contribution is 6.02. The molecule has 0 aliphatic heterocycles. The summed E-state index contributed by atoms with van der Waals surface area (Å²) in [4.78, 5) is 27.2. The van der Waals surface area contributed by atoms with Gasteiger partial charge in [-0.1, -0.05) is 0 Å². The van der Waals surface area contributed by atoms with E-state index in [1.807, 2.05) is 0 Å². The molecule has 0 bridgehead atoms. The number of esters is 2. The van der Waals surface area contributed by atoms with Gasteiger partial charge in [-0.15, -0.1) is 0 Å². The number of nitrogens with zero attached hydrogens (tertiary/aromatic N) is 1. The third kappa shape index (κ3) is 3.03. The molecule has 1 aromatic heterocycles. The molecule has 0 unspecified atom stereocenters. The van der Waals surface area contributed by atoms with Gasteiger partial charge in [-0.25, -0.2) is 14.6 Å². The average Bonchev–Trinajstić information content (AvgIpc) is 2.29. The number of rotatable bonds is 4. The largest absolute Gasteiger partial charge is 0.462 e. The van der Waals surface area contributed by atoms with Crippen LogP contribution in [0, 0.1) is 6.92 Å². The Labute approximate surface area is 99.8 Å². The summed E-state index contributed by atoms with van der Waals surface area (Å²) < 4.78 is 9.73. The molecular formula is C12H15NO4. The van der Waals surface area contributed by atoms with E-state index in [-0.39, 0.29) is 24.5 Å². The van der Waals surface area contributed by atoms with Gasteiger partial charge in [0.1, 0.15) is 0 Å². The first-order chi connectivity index (χ1) is 8.11. The molecule has 0 radical (unpaired) electrons. The maximum atomic E-state index is 11.7. The molecular weight excluding hydrogens is 222 g/mol. The number of aryl methyl sites for hydroxylation is 1. The van der Waals surface area contributed by atoms with Crippen molar-refractivity contribution in [2.75, 3.05) is 13.2 Å². The van der Waals surface area contributed by atoms with Gasteiger partial charge >= 0.3 is 11.9 Å². The van der Waals surface area contributed by atoms with E-state index in [2.05, 4.69) is 4.98 Å². The Bertz CT molecular complexity index is 429. The van der Waals surface area contributed by atoms with Gasteiger partial charge in [0.15, 0.2) is 5.69 Å². The van der Waals surface area contributed by atoms with E-state index in [0.29, 0.717) is 5.56 Å². The molecule has 0 fully saturated rings. The van der Waals surface area contributed by atoms with Crippen molar-refractivity contribution in [1.29, 1.82) is 0 Å². The summed E-state index contributed by atoms with van der Waals surface area (Å²) in [6.07, 6.45) is 1.46. The minimum atomic E-state index is -0.612. The van der Waals surface area contributed by atoms with Crippen LogP contribution in [0.25, 0.3) is 0 Å². The van der Waals surface area contributed by atoms with Gasteiger partial charge < -0.3 is 9.47 Å². The van der Waals surface area contributed by atoms with Gasteiger partial charge in [0.2, 0.25) is 0 Å². The second kappa shape index (κ2) is 5.98. The van der Waals surface area contributed by atoms with Gasteiger partial charge in [-0.2, -0.15) is 0 Å². The minimum Gasteiger partial charge on any atom is -0.462 e. The zero-order chi connectivity index (χ0) is 12.8. The van der Waals surface area contributed by atoms with Crippen LogP contribution >= 0.6 is 0 Å². The smallest absolute Gasteiger partial charge is 0.357 e. The fraction of sp³-hybridized carbons (Fsp3) is 0.417. The van der Waals surface area contributed by atoms with Crippen LogP contribution in [0.4, 0.5) is 0 Å². The summed E-state index contributed by atoms with van der Waals surface area (Å²) in [5.74, 6) is -1.17. The summed E-state index contributed by atoms with van der Waals surface area (Å²) in [7, 11) is 0. The van der Waals surface area contributed by atoms with Crippen LogP contribution in [0.1, 0.15) is 40.3 Å². The lowest BCUT2D eigenvalue weighted by atomic mass is 10.1. The van der Waals surface area contributed by atoms with Crippen molar-refractivity contribution < 1.29 is 19.1 Å². The lowest BCUT2D eigenvalue weighted by molar-refractivity contribution is 0.0472. The van der Waals surface area contributed by atoms with Crippen LogP contribution in [0.15, 0.2) is 12.3 Å². The van der Waals surface area contributed by atoms with Crippen LogP contribution in [0.2, 0.25) is 0 Å². The maximum Gasteiger partial charge on any atom is 0.357 e. The molecule has 0 saturated carbocycles. The number of ether oxygens (including phenoxy) is 2. The summed E-state index contributed by atoms with van der Waals surface area (Å²) in [5.41, 5.74) is 0.819. The molecule has 0 aliphatic rings. The molecule has 1 aromatic rings. The SMILES string of the molecule is CCOC(=O)c1nccc(C)c1C(=O)OCC. The van der Waals surface area contributed by atoms with Crippen LogP contribution in [-0.4, -0.2) is 30.1 Å². The molecule has 1 heterocycles. The molecule has 5 nitrogen and oxygen atoms in total. The van der Waals surface area contributed by atoms with Crippen LogP contribution in [0.5, 0.6) is 0 Å². The monoisotopic (exact) mass is 237 g/mol. The molecule has 0 amide bonds. The van der Waals surface area contributed by atoms with E-state index < -0.39 is 11.9 Å². The lowest BCUT2D eigenvalue weighted by Gasteiger charge is -2.09. The molecule has 0 spiro atoms. The number of carbonyl (C=O) groups is 2. The van der Waals surface area contributed by atoms with Gasteiger partial charge in [0, 0.05) is 6.20 Å². The third-order valence-electron chi connectivity index (χ3n) is 2.11. The van der Waals surface area contributed by atoms with Gasteiger partial charge in [-0.05, 0) is 32.4 Å². The maximum absolute atomic E-state index is 11.7. The van der Waals surface area contributed by atoms with Crippen molar-refractivity contribution in [3.8, 4) is 0 Å². The molecule has 0 aliphatic carbocycles. The zero-order valence-electron chi connectivity index (χ0n) is 10.1. The first-order valence-electron chi connectivity index (χ1n) is 5.41. The predicted octanol–water partition coefficient (Wildman–Crippen LogP) is 1.74. The number of hydrogen-bond acceptors (Lipinski definition) is 5. The topological polar surface area (TPSA) is 65.5 Å². The summed E-state index contributed by atoms with van der Waals surface area (Å²) in [6, 6.07) is 1.65. The molecule has 0 N–H and O–H groups in total. The molecule has 0 saturated heterocycles. The number of carbonyl (C=O) groups excluding carboxylic acids is 2. The Morgan fingerprint density at radius 3 is 2.35 bits per heavy atom. The number of hydrogen-bond donors (Lipinski definition) is 0. The first-order valence-corrected chi connectivity index (χ1v) is 5.41. The molecule has 1 rings (SSSR count). The van der Waals surface area contributed by atoms with Gasteiger partial charge in [0.25, 0.3) is 0 Å². The standard InChI is InChI=1S/C12H15NO4/c1-4-16-11(14)9-8(3)6-7-13-10(9)12(15)17-5-2/h6-7H,4-5H2,1-3H3. The molecule has 5 heteroatoms. The van der Waals surface area contributed by atoms with E-state index >= 15 is 0 Å². The highest BCUT2D eigenvalue weighted by Gasteiger charge is 2.22. The number of aromatic nitrogens is 1. The quantitative estimate of drug-likeness (QED) is 0.746. The molecule has 92 valence electrons. The Hall–Kier alpha value is -1.91. The van der Waals surface area contributed by atoms with Gasteiger partial charge in [0.05, 0.1) is 18.8 Å².